The summed E-state index contributed by atoms with van der Waals surface area (Å²) in [7, 11) is 1.26. The zero-order chi connectivity index (χ0) is 14.7. The average Bonchev–Trinajstić information content (AvgIpc) is 2.40. The molecule has 0 bridgehead atoms. The largest absolute Gasteiger partial charge is 0.463 e. The van der Waals surface area contributed by atoms with Gasteiger partial charge in [0.25, 0.3) is 0 Å². The van der Waals surface area contributed by atoms with Crippen LogP contribution < -0.4 is 10.5 Å². The highest BCUT2D eigenvalue weighted by molar-refractivity contribution is 6.30. The summed E-state index contributed by atoms with van der Waals surface area (Å²) in [6.45, 7) is 1.71. The molecule has 0 aliphatic heterocycles. The van der Waals surface area contributed by atoms with Crippen molar-refractivity contribution in [3.05, 3.63) is 40.8 Å². The number of aromatic nitrogens is 2. The van der Waals surface area contributed by atoms with Gasteiger partial charge >= 0.3 is 5.97 Å². The van der Waals surface area contributed by atoms with Crippen LogP contribution in [0.4, 0.5) is 5.69 Å². The Labute approximate surface area is 120 Å². The highest BCUT2D eigenvalue weighted by atomic mass is 35.5. The summed E-state index contributed by atoms with van der Waals surface area (Å²) in [6, 6.07) is 6.40. The van der Waals surface area contributed by atoms with Gasteiger partial charge in [-0.25, -0.2) is 9.78 Å². The number of hydrogen-bond donors (Lipinski definition) is 1. The van der Waals surface area contributed by atoms with E-state index in [1.165, 1.54) is 7.11 Å². The first kappa shape index (κ1) is 14.1. The number of esters is 1. The molecule has 0 spiro atoms. The first-order valence-electron chi connectivity index (χ1n) is 5.66. The Balaban J connectivity index is 2.33. The number of carbonyl (C=O) groups is 1. The topological polar surface area (TPSA) is 87.3 Å². The van der Waals surface area contributed by atoms with Crippen LogP contribution in [-0.4, -0.2) is 23.0 Å². The van der Waals surface area contributed by atoms with Gasteiger partial charge in [-0.05, 0) is 25.1 Å². The molecule has 2 aromatic rings. The predicted molar refractivity (Wildman–Crippen MR) is 74.0 cm³/mol. The van der Waals surface area contributed by atoms with Crippen molar-refractivity contribution < 1.29 is 14.3 Å². The van der Waals surface area contributed by atoms with E-state index in [2.05, 4.69) is 14.7 Å². The van der Waals surface area contributed by atoms with E-state index in [1.54, 1.807) is 31.2 Å². The van der Waals surface area contributed by atoms with Crippen LogP contribution in [0.2, 0.25) is 5.02 Å². The number of halogens is 1. The molecular formula is C13H12ClN3O3. The monoisotopic (exact) mass is 293 g/mol. The fourth-order valence-electron chi connectivity index (χ4n) is 1.50. The first-order valence-corrected chi connectivity index (χ1v) is 6.04. The summed E-state index contributed by atoms with van der Waals surface area (Å²) < 4.78 is 10.1. The third-order valence-electron chi connectivity index (χ3n) is 2.39. The molecule has 7 heteroatoms. The van der Waals surface area contributed by atoms with Crippen molar-refractivity contribution >= 4 is 23.3 Å². The van der Waals surface area contributed by atoms with Crippen LogP contribution in [0.1, 0.15) is 16.3 Å². The van der Waals surface area contributed by atoms with Gasteiger partial charge < -0.3 is 15.2 Å². The van der Waals surface area contributed by atoms with Gasteiger partial charge in [0, 0.05) is 16.8 Å². The fourth-order valence-corrected chi connectivity index (χ4v) is 1.68. The minimum absolute atomic E-state index is 0.0740. The minimum atomic E-state index is -0.636. The molecule has 0 aliphatic carbocycles. The van der Waals surface area contributed by atoms with Gasteiger partial charge in [0.05, 0.1) is 12.8 Å². The highest BCUT2D eigenvalue weighted by Crippen LogP contribution is 2.29. The maximum Gasteiger partial charge on any atom is 0.376 e. The maximum atomic E-state index is 11.4. The van der Waals surface area contributed by atoms with E-state index >= 15 is 0 Å². The van der Waals surface area contributed by atoms with Crippen molar-refractivity contribution in [1.29, 1.82) is 0 Å². The van der Waals surface area contributed by atoms with E-state index in [0.717, 1.165) is 0 Å². The average molecular weight is 294 g/mol. The normalized spacial score (nSPS) is 10.2. The summed E-state index contributed by atoms with van der Waals surface area (Å²) in [5.41, 5.74) is 6.73. The molecule has 0 radical (unpaired) electrons. The fraction of sp³-hybridized carbons (Fsp3) is 0.154. The number of rotatable bonds is 3. The second kappa shape index (κ2) is 5.75. The van der Waals surface area contributed by atoms with Crippen molar-refractivity contribution in [2.45, 2.75) is 6.92 Å². The van der Waals surface area contributed by atoms with Gasteiger partial charge in [-0.3, -0.25) is 0 Å². The Morgan fingerprint density at radius 1 is 1.30 bits per heavy atom. The molecule has 1 aromatic carbocycles. The van der Waals surface area contributed by atoms with Gasteiger partial charge in [-0.15, -0.1) is 0 Å². The van der Waals surface area contributed by atoms with Crippen molar-refractivity contribution in [2.24, 2.45) is 0 Å². The van der Waals surface area contributed by atoms with E-state index in [4.69, 9.17) is 22.1 Å². The van der Waals surface area contributed by atoms with Gasteiger partial charge in [0.15, 0.2) is 5.75 Å². The van der Waals surface area contributed by atoms with Crippen LogP contribution in [0.25, 0.3) is 0 Å². The number of aryl methyl sites for hydroxylation is 1. The lowest BCUT2D eigenvalue weighted by Gasteiger charge is -2.09. The molecule has 2 rings (SSSR count). The van der Waals surface area contributed by atoms with Crippen LogP contribution >= 0.6 is 11.6 Å². The van der Waals surface area contributed by atoms with E-state index < -0.39 is 5.97 Å². The Morgan fingerprint density at radius 2 is 2.05 bits per heavy atom. The summed E-state index contributed by atoms with van der Waals surface area (Å²) in [6.07, 6.45) is 0. The number of nitrogens with two attached hydrogens (primary N) is 1. The van der Waals surface area contributed by atoms with Crippen molar-refractivity contribution in [3.8, 4) is 11.6 Å². The molecule has 0 atom stereocenters. The molecule has 2 N–H and O–H groups in total. The lowest BCUT2D eigenvalue weighted by Crippen LogP contribution is -2.09. The third-order valence-corrected chi connectivity index (χ3v) is 2.62. The maximum absolute atomic E-state index is 11.4. The SMILES string of the molecule is COC(=O)c1nc(C)cc(Oc2ccc(Cl)cc2N)n1. The molecule has 6 nitrogen and oxygen atoms in total. The quantitative estimate of drug-likeness (QED) is 0.691. The van der Waals surface area contributed by atoms with Crippen LogP contribution in [0.5, 0.6) is 11.6 Å². The standard InChI is InChI=1S/C13H12ClN3O3/c1-7-5-11(17-12(16-7)13(18)19-2)20-10-4-3-8(14)6-9(10)15/h3-6H,15H2,1-2H3. The third kappa shape index (κ3) is 3.16. The number of benzene rings is 1. The van der Waals surface area contributed by atoms with Crippen molar-refractivity contribution in [3.63, 3.8) is 0 Å². The Hall–Kier alpha value is -2.34. The second-order valence-electron chi connectivity index (χ2n) is 3.95. The molecule has 1 aromatic heterocycles. The Morgan fingerprint density at radius 3 is 2.70 bits per heavy atom. The lowest BCUT2D eigenvalue weighted by atomic mass is 10.3. The van der Waals surface area contributed by atoms with Gasteiger partial charge in [0.2, 0.25) is 11.7 Å². The van der Waals surface area contributed by atoms with Crippen LogP contribution in [-0.2, 0) is 4.74 Å². The van der Waals surface area contributed by atoms with Crippen LogP contribution in [0, 0.1) is 6.92 Å². The predicted octanol–water partition coefficient (Wildman–Crippen LogP) is 2.60. The number of methoxy groups -OCH3 is 1. The molecule has 104 valence electrons. The van der Waals surface area contributed by atoms with E-state index in [-0.39, 0.29) is 11.7 Å². The molecule has 0 saturated carbocycles. The first-order chi connectivity index (χ1) is 9.49. The van der Waals surface area contributed by atoms with Crippen LogP contribution in [0.15, 0.2) is 24.3 Å². The van der Waals surface area contributed by atoms with E-state index in [0.29, 0.717) is 22.2 Å². The molecular weight excluding hydrogens is 282 g/mol. The number of anilines is 1. The molecule has 0 fully saturated rings. The molecule has 0 unspecified atom stereocenters. The summed E-state index contributed by atoms with van der Waals surface area (Å²) in [5, 5.41) is 0.504. The molecule has 20 heavy (non-hydrogen) atoms. The number of nitrogens with zero attached hydrogens (tertiary/aromatic N) is 2. The summed E-state index contributed by atoms with van der Waals surface area (Å²) in [5.74, 6) is -0.118. The zero-order valence-electron chi connectivity index (χ0n) is 10.9. The van der Waals surface area contributed by atoms with Crippen molar-refractivity contribution in [1.82, 2.24) is 9.97 Å². The van der Waals surface area contributed by atoms with Gasteiger partial charge in [0.1, 0.15) is 0 Å². The zero-order valence-corrected chi connectivity index (χ0v) is 11.6. The van der Waals surface area contributed by atoms with Gasteiger partial charge in [-0.2, -0.15) is 4.98 Å². The smallest absolute Gasteiger partial charge is 0.376 e. The number of carbonyl (C=O) groups excluding carboxylic acids is 1. The van der Waals surface area contributed by atoms with E-state index in [9.17, 15) is 4.79 Å². The van der Waals surface area contributed by atoms with Crippen molar-refractivity contribution in [2.75, 3.05) is 12.8 Å². The summed E-state index contributed by atoms with van der Waals surface area (Å²) >= 11 is 5.81. The molecule has 0 amide bonds. The molecule has 0 aliphatic rings. The lowest BCUT2D eigenvalue weighted by molar-refractivity contribution is 0.0585. The molecule has 1 heterocycles. The number of nitrogen functional groups attached to an aromatic ring is 1. The van der Waals surface area contributed by atoms with Crippen LogP contribution in [0.3, 0.4) is 0 Å². The summed E-state index contributed by atoms with van der Waals surface area (Å²) in [4.78, 5) is 19.4. The molecule has 0 saturated heterocycles. The number of ether oxygens (including phenoxy) is 2. The Bertz CT molecular complexity index is 661. The van der Waals surface area contributed by atoms with Gasteiger partial charge in [-0.1, -0.05) is 11.6 Å². The minimum Gasteiger partial charge on any atom is -0.463 e. The van der Waals surface area contributed by atoms with E-state index in [1.807, 2.05) is 0 Å². The second-order valence-corrected chi connectivity index (χ2v) is 4.38. The Kier molecular flexibility index (Phi) is 4.05. The highest BCUT2D eigenvalue weighted by Gasteiger charge is 2.13. The number of hydrogen-bond acceptors (Lipinski definition) is 6.